The average Bonchev–Trinajstić information content (AvgIpc) is 2.44. The van der Waals surface area contributed by atoms with E-state index in [-0.39, 0.29) is 6.61 Å². The minimum absolute atomic E-state index is 0.0394. The van der Waals surface area contributed by atoms with Crippen molar-refractivity contribution in [3.63, 3.8) is 0 Å². The van der Waals surface area contributed by atoms with E-state index in [2.05, 4.69) is 0 Å². The van der Waals surface area contributed by atoms with E-state index in [0.717, 1.165) is 6.92 Å². The number of nitro groups is 2. The second-order valence-corrected chi connectivity index (χ2v) is 4.60. The number of esters is 1. The van der Waals surface area contributed by atoms with Crippen LogP contribution < -0.4 is 0 Å². The molecule has 0 amide bonds. The van der Waals surface area contributed by atoms with Crippen molar-refractivity contribution in [2.45, 2.75) is 25.3 Å². The van der Waals surface area contributed by atoms with Crippen molar-refractivity contribution < 1.29 is 19.4 Å². The molecule has 1 aromatic rings. The van der Waals surface area contributed by atoms with Gasteiger partial charge >= 0.3 is 11.5 Å². The maximum Gasteiger partial charge on any atom is 0.385 e. The summed E-state index contributed by atoms with van der Waals surface area (Å²) in [6.45, 7) is 1.80. The van der Waals surface area contributed by atoms with Crippen LogP contribution >= 0.6 is 0 Å². The molecule has 1 rings (SSSR count). The smallest absolute Gasteiger partial charge is 0.385 e. The van der Waals surface area contributed by atoms with Crippen molar-refractivity contribution >= 4 is 5.97 Å². The molecule has 8 heteroatoms. The molecular weight excluding hydrogens is 280 g/mol. The molecule has 0 aliphatic rings. The lowest BCUT2D eigenvalue weighted by Gasteiger charge is -2.25. The Hall–Kier alpha value is -2.51. The van der Waals surface area contributed by atoms with Crippen LogP contribution in [-0.2, 0) is 9.53 Å². The number of benzene rings is 1. The summed E-state index contributed by atoms with van der Waals surface area (Å²) in [6, 6.07) is 7.94. The first-order chi connectivity index (χ1) is 9.83. The number of carbonyl (C=O) groups excluding carboxylic acids is 1. The first kappa shape index (κ1) is 16.5. The van der Waals surface area contributed by atoms with Crippen LogP contribution in [0.1, 0.15) is 25.3 Å². The fraction of sp³-hybridized carbons (Fsp3) is 0.462. The zero-order valence-electron chi connectivity index (χ0n) is 11.7. The highest BCUT2D eigenvalue weighted by molar-refractivity contribution is 5.80. The van der Waals surface area contributed by atoms with E-state index in [1.165, 1.54) is 19.1 Å². The molecule has 1 aromatic carbocycles. The number of ether oxygens (including phenoxy) is 1. The molecule has 0 saturated carbocycles. The second-order valence-electron chi connectivity index (χ2n) is 4.60. The first-order valence-electron chi connectivity index (χ1n) is 6.32. The Morgan fingerprint density at radius 2 is 1.86 bits per heavy atom. The number of hydrogen-bond acceptors (Lipinski definition) is 6. The maximum absolute atomic E-state index is 12.0. The van der Waals surface area contributed by atoms with Crippen molar-refractivity contribution in [1.29, 1.82) is 0 Å². The molecule has 8 nitrogen and oxygen atoms in total. The fourth-order valence-corrected chi connectivity index (χ4v) is 2.06. The Morgan fingerprint density at radius 1 is 1.29 bits per heavy atom. The van der Waals surface area contributed by atoms with Gasteiger partial charge in [-0.15, -0.1) is 0 Å². The lowest BCUT2D eigenvalue weighted by Crippen LogP contribution is -2.51. The highest BCUT2D eigenvalue weighted by atomic mass is 16.6. The Balaban J connectivity index is 3.34. The summed E-state index contributed by atoms with van der Waals surface area (Å²) in [5, 5.41) is 22.3. The molecule has 0 radical (unpaired) electrons. The van der Waals surface area contributed by atoms with Gasteiger partial charge in [-0.1, -0.05) is 30.3 Å². The first-order valence-corrected chi connectivity index (χ1v) is 6.32. The van der Waals surface area contributed by atoms with Crippen molar-refractivity contribution in [3.8, 4) is 0 Å². The predicted octanol–water partition coefficient (Wildman–Crippen LogP) is 1.65. The van der Waals surface area contributed by atoms with Gasteiger partial charge in [0.25, 0.3) is 0 Å². The van der Waals surface area contributed by atoms with E-state index in [1.807, 2.05) is 0 Å². The van der Waals surface area contributed by atoms with Gasteiger partial charge in [-0.25, -0.2) is 4.79 Å². The van der Waals surface area contributed by atoms with E-state index in [9.17, 15) is 25.0 Å². The molecule has 0 bridgehead atoms. The number of carbonyl (C=O) groups is 1. The van der Waals surface area contributed by atoms with Gasteiger partial charge in [0.1, 0.15) is 5.92 Å². The molecule has 21 heavy (non-hydrogen) atoms. The van der Waals surface area contributed by atoms with Gasteiger partial charge in [0.05, 0.1) is 6.61 Å². The van der Waals surface area contributed by atoms with Gasteiger partial charge in [0.2, 0.25) is 6.54 Å². The number of hydrogen-bond donors (Lipinski definition) is 0. The Morgan fingerprint density at radius 3 is 2.29 bits per heavy atom. The minimum Gasteiger partial charge on any atom is -0.461 e. The Bertz CT molecular complexity index is 533. The van der Waals surface area contributed by atoms with E-state index in [4.69, 9.17) is 4.74 Å². The molecule has 0 heterocycles. The third-order valence-corrected chi connectivity index (χ3v) is 3.28. The van der Waals surface area contributed by atoms with E-state index < -0.39 is 33.8 Å². The van der Waals surface area contributed by atoms with Gasteiger partial charge < -0.3 is 4.74 Å². The number of rotatable bonds is 7. The normalized spacial score (nSPS) is 14.8. The highest BCUT2D eigenvalue weighted by Gasteiger charge is 2.57. The third-order valence-electron chi connectivity index (χ3n) is 3.28. The van der Waals surface area contributed by atoms with Crippen molar-refractivity contribution in [3.05, 3.63) is 56.1 Å². The molecule has 0 N–H and O–H groups in total. The molecule has 0 aliphatic carbocycles. The van der Waals surface area contributed by atoms with Crippen LogP contribution in [0.15, 0.2) is 30.3 Å². The molecule has 0 fully saturated rings. The largest absolute Gasteiger partial charge is 0.461 e. The monoisotopic (exact) mass is 296 g/mol. The molecule has 114 valence electrons. The summed E-state index contributed by atoms with van der Waals surface area (Å²) in [4.78, 5) is 32.8. The van der Waals surface area contributed by atoms with Crippen LogP contribution in [0.3, 0.4) is 0 Å². The van der Waals surface area contributed by atoms with Crippen LogP contribution in [0.4, 0.5) is 0 Å². The topological polar surface area (TPSA) is 113 Å². The SMILES string of the molecule is CCOC(=O)[C@@](C)([C@@H](C[N+](=O)[O-])c1ccccc1)[N+](=O)[O-]. The summed E-state index contributed by atoms with van der Waals surface area (Å²) >= 11 is 0. The van der Waals surface area contributed by atoms with Crippen LogP contribution in [-0.4, -0.2) is 34.5 Å². The van der Waals surface area contributed by atoms with Gasteiger partial charge in [-0.2, -0.15) is 0 Å². The van der Waals surface area contributed by atoms with Crippen molar-refractivity contribution in [1.82, 2.24) is 0 Å². The van der Waals surface area contributed by atoms with Crippen molar-refractivity contribution in [2.24, 2.45) is 0 Å². The van der Waals surface area contributed by atoms with Crippen LogP contribution in [0.25, 0.3) is 0 Å². The van der Waals surface area contributed by atoms with Crippen molar-refractivity contribution in [2.75, 3.05) is 13.2 Å². The van der Waals surface area contributed by atoms with Crippen LogP contribution in [0, 0.1) is 20.2 Å². The molecule has 0 aliphatic heterocycles. The minimum atomic E-state index is -2.22. The second kappa shape index (κ2) is 6.78. The van der Waals surface area contributed by atoms with Gasteiger partial charge in [0.15, 0.2) is 0 Å². The van der Waals surface area contributed by atoms with E-state index in [1.54, 1.807) is 18.2 Å². The van der Waals surface area contributed by atoms with Gasteiger partial charge in [-0.05, 0) is 12.5 Å². The summed E-state index contributed by atoms with van der Waals surface area (Å²) in [6.07, 6.45) is 0. The van der Waals surface area contributed by atoms with E-state index >= 15 is 0 Å². The highest BCUT2D eigenvalue weighted by Crippen LogP contribution is 2.32. The molecule has 2 atom stereocenters. The lowest BCUT2D eigenvalue weighted by molar-refractivity contribution is -0.570. The molecule has 0 saturated heterocycles. The summed E-state index contributed by atoms with van der Waals surface area (Å²) in [7, 11) is 0. The zero-order chi connectivity index (χ0) is 16.0. The Kier molecular flexibility index (Phi) is 5.34. The number of nitrogens with zero attached hydrogens (tertiary/aromatic N) is 2. The fourth-order valence-electron chi connectivity index (χ4n) is 2.06. The lowest BCUT2D eigenvalue weighted by atomic mass is 9.81. The van der Waals surface area contributed by atoms with E-state index in [0.29, 0.717) is 5.56 Å². The summed E-state index contributed by atoms with van der Waals surface area (Å²) < 4.78 is 4.75. The summed E-state index contributed by atoms with van der Waals surface area (Å²) in [5.74, 6) is -2.30. The Labute approximate surface area is 121 Å². The maximum atomic E-state index is 12.0. The quantitative estimate of drug-likeness (QED) is 0.429. The van der Waals surface area contributed by atoms with Gasteiger partial charge in [0, 0.05) is 16.8 Å². The summed E-state index contributed by atoms with van der Waals surface area (Å²) in [5.41, 5.74) is -1.87. The van der Waals surface area contributed by atoms with Crippen LogP contribution in [0.5, 0.6) is 0 Å². The van der Waals surface area contributed by atoms with Gasteiger partial charge in [-0.3, -0.25) is 20.2 Å². The molecule has 0 aromatic heterocycles. The molecule has 0 spiro atoms. The predicted molar refractivity (Wildman–Crippen MR) is 73.1 cm³/mol. The zero-order valence-corrected chi connectivity index (χ0v) is 11.7. The molecule has 0 unspecified atom stereocenters. The average molecular weight is 296 g/mol. The van der Waals surface area contributed by atoms with Crippen LogP contribution in [0.2, 0.25) is 0 Å². The standard InChI is InChI=1S/C13H16N2O6/c1-3-21-12(16)13(2,15(19)20)11(9-14(17)18)10-7-5-4-6-8-10/h4-8,11H,3,9H2,1-2H3/t11-,13+/m0/s1. The molecular formula is C13H16N2O6. The third kappa shape index (κ3) is 3.53.